The van der Waals surface area contributed by atoms with Gasteiger partial charge in [0.1, 0.15) is 0 Å². The third-order valence-corrected chi connectivity index (χ3v) is 4.91. The molecule has 0 aliphatic heterocycles. The molecule has 0 aliphatic carbocycles. The van der Waals surface area contributed by atoms with E-state index in [0.29, 0.717) is 17.1 Å². The first-order valence-electron chi connectivity index (χ1n) is 7.09. The summed E-state index contributed by atoms with van der Waals surface area (Å²) in [7, 11) is 0. The monoisotopic (exact) mass is 365 g/mol. The molecule has 24 heavy (non-hydrogen) atoms. The van der Waals surface area contributed by atoms with Gasteiger partial charge in [0.2, 0.25) is 5.91 Å². The van der Waals surface area contributed by atoms with Gasteiger partial charge in [-0.1, -0.05) is 6.07 Å². The largest absolute Gasteiger partial charge is 0.302 e. The van der Waals surface area contributed by atoms with Crippen LogP contribution in [0.4, 0.5) is 13.9 Å². The first-order valence-corrected chi connectivity index (χ1v) is 8.78. The number of halogens is 2. The smallest absolute Gasteiger partial charge is 0.232 e. The molecule has 1 amide bonds. The van der Waals surface area contributed by atoms with Crippen LogP contribution in [0.15, 0.2) is 29.8 Å². The summed E-state index contributed by atoms with van der Waals surface area (Å²) in [5.41, 5.74) is 1.38. The van der Waals surface area contributed by atoms with Crippen LogP contribution in [0.25, 0.3) is 0 Å². The molecule has 2 aromatic heterocycles. The second-order valence-corrected chi connectivity index (χ2v) is 7.32. The van der Waals surface area contributed by atoms with Gasteiger partial charge in [-0.25, -0.2) is 18.7 Å². The molecule has 8 heteroatoms. The highest BCUT2D eigenvalue weighted by Crippen LogP contribution is 2.22. The number of rotatable bonds is 5. The maximum absolute atomic E-state index is 13.2. The summed E-state index contributed by atoms with van der Waals surface area (Å²) >= 11 is 2.80. The van der Waals surface area contributed by atoms with E-state index in [4.69, 9.17) is 0 Å². The average Bonchev–Trinajstić information content (AvgIpc) is 3.12. The molecule has 2 heterocycles. The number of benzene rings is 1. The minimum absolute atomic E-state index is 0.186. The highest BCUT2D eigenvalue weighted by Gasteiger charge is 2.10. The van der Waals surface area contributed by atoms with Crippen LogP contribution in [0.1, 0.15) is 21.1 Å². The number of anilines is 1. The molecule has 0 bridgehead atoms. The Morgan fingerprint density at radius 1 is 1.29 bits per heavy atom. The van der Waals surface area contributed by atoms with Crippen molar-refractivity contribution < 1.29 is 13.6 Å². The molecule has 0 saturated carbocycles. The third kappa shape index (κ3) is 4.21. The van der Waals surface area contributed by atoms with Gasteiger partial charge < -0.3 is 5.32 Å². The molecule has 1 N–H and O–H groups in total. The average molecular weight is 365 g/mol. The van der Waals surface area contributed by atoms with E-state index in [0.717, 1.165) is 27.7 Å². The second-order valence-electron chi connectivity index (χ2n) is 5.14. The summed E-state index contributed by atoms with van der Waals surface area (Å²) in [5.74, 6) is -1.92. The molecule has 0 spiro atoms. The fraction of sp³-hybridized carbons (Fsp3) is 0.188. The summed E-state index contributed by atoms with van der Waals surface area (Å²) in [6, 6.07) is 3.79. The lowest BCUT2D eigenvalue weighted by atomic mass is 10.1. The number of nitrogens with one attached hydrogen (secondary N) is 1. The van der Waals surface area contributed by atoms with Crippen molar-refractivity contribution in [1.29, 1.82) is 0 Å². The maximum atomic E-state index is 13.2. The summed E-state index contributed by atoms with van der Waals surface area (Å²) in [4.78, 5) is 21.2. The van der Waals surface area contributed by atoms with Crippen molar-refractivity contribution in [2.75, 3.05) is 5.32 Å². The van der Waals surface area contributed by atoms with Crippen molar-refractivity contribution in [2.24, 2.45) is 0 Å². The van der Waals surface area contributed by atoms with Crippen molar-refractivity contribution in [3.05, 3.63) is 62.6 Å². The first-order chi connectivity index (χ1) is 11.5. The Labute approximate surface area is 145 Å². The number of hydrogen-bond donors (Lipinski definition) is 1. The lowest BCUT2D eigenvalue weighted by Gasteiger charge is -2.00. The Hall–Kier alpha value is -2.19. The summed E-state index contributed by atoms with van der Waals surface area (Å²) in [5, 5.41) is 5.97. The van der Waals surface area contributed by atoms with E-state index in [-0.39, 0.29) is 12.3 Å². The number of carbonyl (C=O) groups is 1. The highest BCUT2D eigenvalue weighted by atomic mass is 32.1. The normalized spacial score (nSPS) is 10.8. The van der Waals surface area contributed by atoms with Crippen LogP contribution in [0.3, 0.4) is 0 Å². The van der Waals surface area contributed by atoms with Gasteiger partial charge in [-0.2, -0.15) is 0 Å². The Balaban J connectivity index is 1.60. The molecule has 0 atom stereocenters. The third-order valence-electron chi connectivity index (χ3n) is 3.17. The second kappa shape index (κ2) is 7.14. The number of carbonyl (C=O) groups excluding carboxylic acids is 1. The molecule has 0 saturated heterocycles. The van der Waals surface area contributed by atoms with Gasteiger partial charge in [-0.3, -0.25) is 4.79 Å². The number of thiazole rings is 2. The minimum Gasteiger partial charge on any atom is -0.302 e. The van der Waals surface area contributed by atoms with Crippen LogP contribution in [0.5, 0.6) is 0 Å². The molecule has 1 aromatic carbocycles. The van der Waals surface area contributed by atoms with Gasteiger partial charge in [-0.05, 0) is 24.6 Å². The molecule has 0 aliphatic rings. The van der Waals surface area contributed by atoms with E-state index in [1.807, 2.05) is 12.3 Å². The van der Waals surface area contributed by atoms with Crippen molar-refractivity contribution in [3.63, 3.8) is 0 Å². The predicted octanol–water partition coefficient (Wildman–Crippen LogP) is 3.96. The Kier molecular flexibility index (Phi) is 4.96. The van der Waals surface area contributed by atoms with Crippen molar-refractivity contribution in [1.82, 2.24) is 9.97 Å². The number of hydrogen-bond acceptors (Lipinski definition) is 5. The van der Waals surface area contributed by atoms with E-state index in [9.17, 15) is 13.6 Å². The zero-order valence-corrected chi connectivity index (χ0v) is 14.3. The molecule has 3 rings (SSSR count). The lowest BCUT2D eigenvalue weighted by molar-refractivity contribution is -0.115. The van der Waals surface area contributed by atoms with Gasteiger partial charge in [0.05, 0.1) is 17.1 Å². The van der Waals surface area contributed by atoms with E-state index in [2.05, 4.69) is 15.3 Å². The topological polar surface area (TPSA) is 54.9 Å². The summed E-state index contributed by atoms with van der Waals surface area (Å²) in [6.45, 7) is 1.89. The molecular weight excluding hydrogens is 352 g/mol. The molecular formula is C16H13F2N3OS2. The highest BCUT2D eigenvalue weighted by molar-refractivity contribution is 7.15. The summed E-state index contributed by atoms with van der Waals surface area (Å²) in [6.07, 6.45) is 2.24. The van der Waals surface area contributed by atoms with Crippen molar-refractivity contribution >= 4 is 33.7 Å². The molecule has 4 nitrogen and oxygen atoms in total. The van der Waals surface area contributed by atoms with Crippen LogP contribution in [0, 0.1) is 18.6 Å². The quantitative estimate of drug-likeness (QED) is 0.745. The van der Waals surface area contributed by atoms with E-state index in [1.54, 1.807) is 6.20 Å². The lowest BCUT2D eigenvalue weighted by Crippen LogP contribution is -2.14. The maximum Gasteiger partial charge on any atom is 0.232 e. The first kappa shape index (κ1) is 16.7. The van der Waals surface area contributed by atoms with Crippen LogP contribution < -0.4 is 5.32 Å². The van der Waals surface area contributed by atoms with Crippen molar-refractivity contribution in [3.8, 4) is 0 Å². The Morgan fingerprint density at radius 2 is 2.12 bits per heavy atom. The zero-order valence-electron chi connectivity index (χ0n) is 12.7. The van der Waals surface area contributed by atoms with Crippen LogP contribution >= 0.6 is 22.7 Å². The van der Waals surface area contributed by atoms with E-state index in [1.165, 1.54) is 28.7 Å². The van der Waals surface area contributed by atoms with Gasteiger partial charge in [-0.15, -0.1) is 22.7 Å². The Morgan fingerprint density at radius 3 is 2.83 bits per heavy atom. The van der Waals surface area contributed by atoms with Crippen LogP contribution in [-0.2, 0) is 17.6 Å². The Bertz CT molecular complexity index is 876. The van der Waals surface area contributed by atoms with Gasteiger partial charge >= 0.3 is 0 Å². The van der Waals surface area contributed by atoms with Gasteiger partial charge in [0, 0.05) is 22.9 Å². The molecule has 0 radical (unpaired) electrons. The van der Waals surface area contributed by atoms with Crippen LogP contribution in [-0.4, -0.2) is 15.9 Å². The van der Waals surface area contributed by atoms with E-state index >= 15 is 0 Å². The summed E-state index contributed by atoms with van der Waals surface area (Å²) < 4.78 is 26.1. The number of nitrogens with zero attached hydrogens (tertiary/aromatic N) is 2. The number of aryl methyl sites for hydroxylation is 1. The minimum atomic E-state index is -0.871. The predicted molar refractivity (Wildman–Crippen MR) is 90.5 cm³/mol. The SMILES string of the molecule is Cc1nc(CC(=O)Nc2ncc(Cc3ccc(F)c(F)c3)s2)cs1. The zero-order chi connectivity index (χ0) is 17.1. The number of aromatic nitrogens is 2. The molecule has 124 valence electrons. The molecule has 0 unspecified atom stereocenters. The number of amides is 1. The fourth-order valence-corrected chi connectivity index (χ4v) is 3.59. The standard InChI is InChI=1S/C16H13F2N3OS2/c1-9-20-11(8-23-9)6-15(22)21-16-19-7-12(24-16)4-10-2-3-13(17)14(18)5-10/h2-3,5,7-8H,4,6H2,1H3,(H,19,21,22). The molecule has 3 aromatic rings. The van der Waals surface area contributed by atoms with Gasteiger partial charge in [0.25, 0.3) is 0 Å². The molecule has 0 fully saturated rings. The van der Waals surface area contributed by atoms with Crippen molar-refractivity contribution in [2.45, 2.75) is 19.8 Å². The fourth-order valence-electron chi connectivity index (χ4n) is 2.12. The van der Waals surface area contributed by atoms with E-state index < -0.39 is 11.6 Å². The van der Waals surface area contributed by atoms with Gasteiger partial charge in [0.15, 0.2) is 16.8 Å². The van der Waals surface area contributed by atoms with Crippen LogP contribution in [0.2, 0.25) is 0 Å².